The summed E-state index contributed by atoms with van der Waals surface area (Å²) >= 11 is 3.53. The topological polar surface area (TPSA) is 43.8 Å². The van der Waals surface area contributed by atoms with Crippen molar-refractivity contribution in [2.45, 2.75) is 31.7 Å². The van der Waals surface area contributed by atoms with Gasteiger partial charge in [0.05, 0.1) is 6.54 Å². The van der Waals surface area contributed by atoms with E-state index in [1.807, 2.05) is 11.9 Å². The van der Waals surface area contributed by atoms with Gasteiger partial charge in [-0.1, -0.05) is 35.0 Å². The van der Waals surface area contributed by atoms with Gasteiger partial charge in [-0.25, -0.2) is 0 Å². The molecule has 0 bridgehead atoms. The number of likely N-dealkylation sites (N-methyl/N-ethyl adjacent to an activating group) is 1. The number of piperidine rings is 1. The maximum absolute atomic E-state index is 10.8. The van der Waals surface area contributed by atoms with Gasteiger partial charge in [-0.15, -0.1) is 0 Å². The van der Waals surface area contributed by atoms with Crippen molar-refractivity contribution in [3.63, 3.8) is 0 Å². The molecule has 5 heteroatoms. The molecule has 1 fully saturated rings. The Morgan fingerprint density at radius 1 is 1.45 bits per heavy atom. The van der Waals surface area contributed by atoms with E-state index in [-0.39, 0.29) is 6.54 Å². The largest absolute Gasteiger partial charge is 0.480 e. The summed E-state index contributed by atoms with van der Waals surface area (Å²) in [6, 6.07) is 8.91. The Morgan fingerprint density at radius 2 is 2.14 bits per heavy atom. The number of carboxylic acid groups (broad SMARTS) is 1. The molecule has 0 saturated carbocycles. The van der Waals surface area contributed by atoms with Crippen molar-refractivity contribution in [1.82, 2.24) is 9.80 Å². The number of carbonyl (C=O) groups is 1. The molecule has 1 aromatic carbocycles. The van der Waals surface area contributed by atoms with Gasteiger partial charge >= 0.3 is 5.97 Å². The molecule has 2 rings (SSSR count). The first-order valence-corrected chi connectivity index (χ1v) is 8.65. The summed E-state index contributed by atoms with van der Waals surface area (Å²) in [7, 11) is 1.92. The zero-order chi connectivity index (χ0) is 16.1. The Bertz CT molecular complexity index is 501. The summed E-state index contributed by atoms with van der Waals surface area (Å²) in [5.74, 6) is -0.237. The average molecular weight is 369 g/mol. The molecule has 0 aromatic heterocycles. The van der Waals surface area contributed by atoms with Gasteiger partial charge in [0.1, 0.15) is 0 Å². The van der Waals surface area contributed by atoms with Crippen LogP contribution in [0.25, 0.3) is 0 Å². The first kappa shape index (κ1) is 17.4. The number of nitrogens with zero attached hydrogens (tertiary/aromatic N) is 2. The molecule has 1 atom stereocenters. The minimum atomic E-state index is -0.742. The monoisotopic (exact) mass is 368 g/mol. The van der Waals surface area contributed by atoms with Crippen molar-refractivity contribution >= 4 is 21.9 Å². The van der Waals surface area contributed by atoms with Crippen molar-refractivity contribution in [2.24, 2.45) is 0 Å². The Balaban J connectivity index is 1.81. The minimum absolute atomic E-state index is 0.138. The highest BCUT2D eigenvalue weighted by Gasteiger charge is 2.24. The number of hydrogen-bond acceptors (Lipinski definition) is 3. The van der Waals surface area contributed by atoms with E-state index in [9.17, 15) is 4.79 Å². The number of halogens is 1. The first-order chi connectivity index (χ1) is 10.5. The van der Waals surface area contributed by atoms with Crippen LogP contribution < -0.4 is 0 Å². The predicted octanol–water partition coefficient (Wildman–Crippen LogP) is 3.03. The fourth-order valence-electron chi connectivity index (χ4n) is 3.19. The molecule has 1 unspecified atom stereocenters. The van der Waals surface area contributed by atoms with E-state index >= 15 is 0 Å². The normalized spacial score (nSPS) is 18.5. The molecular formula is C17H25BrN2O2. The van der Waals surface area contributed by atoms with E-state index in [1.165, 1.54) is 5.56 Å². The molecule has 0 amide bonds. The summed E-state index contributed by atoms with van der Waals surface area (Å²) < 4.78 is 1.13. The highest BCUT2D eigenvalue weighted by Crippen LogP contribution is 2.23. The Kier molecular flexibility index (Phi) is 6.41. The Hall–Kier alpha value is -0.910. The summed E-state index contributed by atoms with van der Waals surface area (Å²) in [5.41, 5.74) is 1.36. The number of likely N-dealkylation sites (tertiary alicyclic amines) is 1. The van der Waals surface area contributed by atoms with E-state index in [2.05, 4.69) is 52.0 Å². The van der Waals surface area contributed by atoms with E-state index in [0.29, 0.717) is 12.0 Å². The molecule has 22 heavy (non-hydrogen) atoms. The van der Waals surface area contributed by atoms with Crippen molar-refractivity contribution in [2.75, 3.05) is 33.2 Å². The van der Waals surface area contributed by atoms with Crippen LogP contribution in [-0.4, -0.2) is 60.1 Å². The molecule has 1 aliphatic rings. The molecule has 0 spiro atoms. The number of rotatable bonds is 6. The molecule has 0 radical (unpaired) electrons. The van der Waals surface area contributed by atoms with Crippen molar-refractivity contribution < 1.29 is 9.90 Å². The van der Waals surface area contributed by atoms with Gasteiger partial charge in [0.2, 0.25) is 0 Å². The highest BCUT2D eigenvalue weighted by atomic mass is 79.9. The van der Waals surface area contributed by atoms with Crippen LogP contribution >= 0.6 is 15.9 Å². The Labute approximate surface area is 141 Å². The second kappa shape index (κ2) is 8.09. The summed E-state index contributed by atoms with van der Waals surface area (Å²) in [4.78, 5) is 15.3. The van der Waals surface area contributed by atoms with E-state index < -0.39 is 5.97 Å². The van der Waals surface area contributed by atoms with Gasteiger partial charge < -0.3 is 10.0 Å². The van der Waals surface area contributed by atoms with Crippen molar-refractivity contribution in [3.05, 3.63) is 34.3 Å². The SMILES string of the molecule is CC(CN1CCC(N(C)CC(=O)O)CC1)c1cccc(Br)c1. The smallest absolute Gasteiger partial charge is 0.317 e. The van der Waals surface area contributed by atoms with E-state index in [4.69, 9.17) is 5.11 Å². The van der Waals surface area contributed by atoms with Crippen LogP contribution in [0, 0.1) is 0 Å². The van der Waals surface area contributed by atoms with Gasteiger partial charge in [0, 0.05) is 17.1 Å². The molecule has 1 heterocycles. The van der Waals surface area contributed by atoms with Crippen molar-refractivity contribution in [3.8, 4) is 0 Å². The maximum Gasteiger partial charge on any atom is 0.317 e. The van der Waals surface area contributed by atoms with Gasteiger partial charge in [-0.05, 0) is 56.6 Å². The maximum atomic E-state index is 10.8. The van der Waals surface area contributed by atoms with Crippen LogP contribution in [0.15, 0.2) is 28.7 Å². The number of aliphatic carboxylic acids is 1. The predicted molar refractivity (Wildman–Crippen MR) is 92.3 cm³/mol. The molecule has 122 valence electrons. The van der Waals surface area contributed by atoms with Crippen LogP contribution in [0.3, 0.4) is 0 Å². The number of benzene rings is 1. The van der Waals surface area contributed by atoms with Crippen LogP contribution in [-0.2, 0) is 4.79 Å². The third-order valence-corrected chi connectivity index (χ3v) is 5.01. The lowest BCUT2D eigenvalue weighted by atomic mass is 9.98. The first-order valence-electron chi connectivity index (χ1n) is 7.85. The second-order valence-electron chi connectivity index (χ2n) is 6.30. The fourth-order valence-corrected chi connectivity index (χ4v) is 3.61. The molecule has 0 aliphatic carbocycles. The van der Waals surface area contributed by atoms with Gasteiger partial charge in [-0.2, -0.15) is 0 Å². The van der Waals surface area contributed by atoms with Crippen LogP contribution in [0.1, 0.15) is 31.2 Å². The van der Waals surface area contributed by atoms with Crippen LogP contribution in [0.5, 0.6) is 0 Å². The molecular weight excluding hydrogens is 344 g/mol. The number of hydrogen-bond donors (Lipinski definition) is 1. The molecule has 1 N–H and O–H groups in total. The molecule has 1 aromatic rings. The highest BCUT2D eigenvalue weighted by molar-refractivity contribution is 9.10. The lowest BCUT2D eigenvalue weighted by Gasteiger charge is -2.37. The fraction of sp³-hybridized carbons (Fsp3) is 0.588. The lowest BCUT2D eigenvalue weighted by molar-refractivity contribution is -0.138. The minimum Gasteiger partial charge on any atom is -0.480 e. The molecule has 1 saturated heterocycles. The Morgan fingerprint density at radius 3 is 2.73 bits per heavy atom. The van der Waals surface area contributed by atoms with E-state index in [1.54, 1.807) is 0 Å². The molecule has 1 aliphatic heterocycles. The average Bonchev–Trinajstić information content (AvgIpc) is 2.47. The second-order valence-corrected chi connectivity index (χ2v) is 7.21. The summed E-state index contributed by atoms with van der Waals surface area (Å²) in [5, 5.41) is 8.88. The summed E-state index contributed by atoms with van der Waals surface area (Å²) in [6.45, 7) is 5.56. The quantitative estimate of drug-likeness (QED) is 0.837. The number of carboxylic acids is 1. The third kappa shape index (κ3) is 5.07. The summed E-state index contributed by atoms with van der Waals surface area (Å²) in [6.07, 6.45) is 2.10. The van der Waals surface area contributed by atoms with Crippen molar-refractivity contribution in [1.29, 1.82) is 0 Å². The zero-order valence-corrected chi connectivity index (χ0v) is 14.9. The van der Waals surface area contributed by atoms with E-state index in [0.717, 1.165) is 36.9 Å². The third-order valence-electron chi connectivity index (χ3n) is 4.51. The van der Waals surface area contributed by atoms with Gasteiger partial charge in [0.25, 0.3) is 0 Å². The standard InChI is InChI=1S/C17H25BrN2O2/c1-13(14-4-3-5-15(18)10-14)11-20-8-6-16(7-9-20)19(2)12-17(21)22/h3-5,10,13,16H,6-9,11-12H2,1-2H3,(H,21,22). The zero-order valence-electron chi connectivity index (χ0n) is 13.3. The van der Waals surface area contributed by atoms with Crippen LogP contribution in [0.4, 0.5) is 0 Å². The molecule has 4 nitrogen and oxygen atoms in total. The van der Waals surface area contributed by atoms with Crippen LogP contribution in [0.2, 0.25) is 0 Å². The lowest BCUT2D eigenvalue weighted by Crippen LogP contribution is -2.45. The van der Waals surface area contributed by atoms with Gasteiger partial charge in [0.15, 0.2) is 0 Å². The van der Waals surface area contributed by atoms with Gasteiger partial charge in [-0.3, -0.25) is 9.69 Å².